The number of amides is 1. The zero-order valence-electron chi connectivity index (χ0n) is 14.3. The highest BCUT2D eigenvalue weighted by Crippen LogP contribution is 2.33. The fourth-order valence-corrected chi connectivity index (χ4v) is 5.06. The summed E-state index contributed by atoms with van der Waals surface area (Å²) in [5.41, 5.74) is 1.22. The number of thiophene rings is 1. The summed E-state index contributed by atoms with van der Waals surface area (Å²) in [7, 11) is 0. The summed E-state index contributed by atoms with van der Waals surface area (Å²) < 4.78 is 1.60. The highest BCUT2D eigenvalue weighted by molar-refractivity contribution is 7.18. The Bertz CT molecular complexity index is 835. The summed E-state index contributed by atoms with van der Waals surface area (Å²) in [5, 5.41) is 7.14. The van der Waals surface area contributed by atoms with E-state index in [1.807, 2.05) is 0 Å². The number of carbonyl (C=O) groups excluding carboxylic acids is 1. The van der Waals surface area contributed by atoms with Gasteiger partial charge in [0, 0.05) is 30.4 Å². The van der Waals surface area contributed by atoms with Gasteiger partial charge in [0.2, 0.25) is 5.91 Å². The first-order valence-electron chi connectivity index (χ1n) is 9.22. The molecule has 2 aromatic rings. The van der Waals surface area contributed by atoms with Crippen molar-refractivity contribution in [2.75, 3.05) is 13.1 Å². The standard InChI is InChI=1S/C18H24N4O2S/c23-15(21-12-4-3-8-19-10-12)7-9-22-11-20-17-16(18(22)24)13-5-1-2-6-14(13)25-17/h11-12,19H,1-10H2,(H,21,23)/t12-/m0/s1. The first-order valence-corrected chi connectivity index (χ1v) is 10.0. The lowest BCUT2D eigenvalue weighted by Gasteiger charge is -2.23. The van der Waals surface area contributed by atoms with Crippen LogP contribution in [-0.4, -0.2) is 34.6 Å². The van der Waals surface area contributed by atoms with Crippen molar-refractivity contribution in [2.45, 2.75) is 57.5 Å². The monoisotopic (exact) mass is 360 g/mol. The average molecular weight is 360 g/mol. The van der Waals surface area contributed by atoms with Gasteiger partial charge in [0.15, 0.2) is 0 Å². The molecule has 25 heavy (non-hydrogen) atoms. The van der Waals surface area contributed by atoms with E-state index in [1.165, 1.54) is 16.9 Å². The summed E-state index contributed by atoms with van der Waals surface area (Å²) in [5.74, 6) is 0.00745. The molecule has 1 aliphatic carbocycles. The van der Waals surface area contributed by atoms with Gasteiger partial charge in [-0.1, -0.05) is 0 Å². The van der Waals surface area contributed by atoms with Crippen molar-refractivity contribution in [3.63, 3.8) is 0 Å². The number of aromatic nitrogens is 2. The van der Waals surface area contributed by atoms with Crippen LogP contribution in [0.3, 0.4) is 0 Å². The lowest BCUT2D eigenvalue weighted by atomic mass is 9.97. The normalized spacial score (nSPS) is 20.4. The van der Waals surface area contributed by atoms with Crippen LogP contribution in [0, 0.1) is 0 Å². The van der Waals surface area contributed by atoms with Gasteiger partial charge in [-0.05, 0) is 50.6 Å². The van der Waals surface area contributed by atoms with Crippen LogP contribution in [0.4, 0.5) is 0 Å². The second kappa shape index (κ2) is 7.25. The van der Waals surface area contributed by atoms with Crippen molar-refractivity contribution >= 4 is 27.5 Å². The fourth-order valence-electron chi connectivity index (χ4n) is 3.84. The minimum absolute atomic E-state index is 0.00745. The van der Waals surface area contributed by atoms with Crippen LogP contribution in [0.5, 0.6) is 0 Å². The summed E-state index contributed by atoms with van der Waals surface area (Å²) in [4.78, 5) is 31.7. The van der Waals surface area contributed by atoms with Crippen LogP contribution in [0.25, 0.3) is 10.2 Å². The Labute approximate surface area is 150 Å². The van der Waals surface area contributed by atoms with E-state index in [2.05, 4.69) is 15.6 Å². The Morgan fingerprint density at radius 3 is 3.08 bits per heavy atom. The fraction of sp³-hybridized carbons (Fsp3) is 0.611. The van der Waals surface area contributed by atoms with Crippen molar-refractivity contribution in [1.29, 1.82) is 0 Å². The summed E-state index contributed by atoms with van der Waals surface area (Å²) in [6.45, 7) is 2.25. The number of fused-ring (bicyclic) bond motifs is 3. The first kappa shape index (κ1) is 16.7. The maximum absolute atomic E-state index is 12.9. The Morgan fingerprint density at radius 1 is 1.36 bits per heavy atom. The van der Waals surface area contributed by atoms with E-state index in [0.29, 0.717) is 13.0 Å². The zero-order valence-corrected chi connectivity index (χ0v) is 15.2. The lowest BCUT2D eigenvalue weighted by molar-refractivity contribution is -0.122. The predicted molar refractivity (Wildman–Crippen MR) is 99.2 cm³/mol. The van der Waals surface area contributed by atoms with Gasteiger partial charge < -0.3 is 10.6 Å². The SMILES string of the molecule is O=C(CCn1cnc2sc3c(c2c1=O)CCCC3)N[C@H]1CCCNC1. The smallest absolute Gasteiger partial charge is 0.262 e. The second-order valence-corrected chi connectivity index (χ2v) is 8.08. The third-order valence-corrected chi connectivity index (χ3v) is 6.38. The predicted octanol–water partition coefficient (Wildman–Crippen LogP) is 1.60. The van der Waals surface area contributed by atoms with Crippen molar-refractivity contribution < 1.29 is 4.79 Å². The molecule has 1 saturated heterocycles. The van der Waals surface area contributed by atoms with Crippen LogP contribution < -0.4 is 16.2 Å². The van der Waals surface area contributed by atoms with Gasteiger partial charge in [-0.2, -0.15) is 0 Å². The minimum atomic E-state index is 0.00745. The second-order valence-electron chi connectivity index (χ2n) is 6.99. The summed E-state index contributed by atoms with van der Waals surface area (Å²) in [6, 6.07) is 0.211. The number of piperidine rings is 1. The van der Waals surface area contributed by atoms with Crippen molar-refractivity contribution in [1.82, 2.24) is 20.2 Å². The number of nitrogens with zero attached hydrogens (tertiary/aromatic N) is 2. The molecule has 134 valence electrons. The molecule has 7 heteroatoms. The van der Waals surface area contributed by atoms with Crippen LogP contribution in [-0.2, 0) is 24.2 Å². The molecule has 0 saturated carbocycles. The molecule has 2 aliphatic rings. The number of nitrogens with one attached hydrogen (secondary N) is 2. The largest absolute Gasteiger partial charge is 0.352 e. The van der Waals surface area contributed by atoms with Gasteiger partial charge in [0.1, 0.15) is 4.83 Å². The number of hydrogen-bond donors (Lipinski definition) is 2. The van der Waals surface area contributed by atoms with Crippen molar-refractivity contribution in [2.24, 2.45) is 0 Å². The van der Waals surface area contributed by atoms with E-state index in [9.17, 15) is 9.59 Å². The maximum atomic E-state index is 12.9. The molecule has 0 unspecified atom stereocenters. The molecular weight excluding hydrogens is 336 g/mol. The molecule has 0 bridgehead atoms. The van der Waals surface area contributed by atoms with E-state index in [0.717, 1.165) is 55.4 Å². The molecule has 1 aliphatic heterocycles. The van der Waals surface area contributed by atoms with Crippen LogP contribution in [0.1, 0.15) is 42.5 Å². The Morgan fingerprint density at radius 2 is 2.24 bits per heavy atom. The Kier molecular flexibility index (Phi) is 4.85. The molecule has 0 aromatic carbocycles. The third kappa shape index (κ3) is 3.48. The Hall–Kier alpha value is -1.73. The molecule has 3 heterocycles. The molecule has 1 amide bonds. The van der Waals surface area contributed by atoms with Crippen LogP contribution in [0.2, 0.25) is 0 Å². The molecular formula is C18H24N4O2S. The van der Waals surface area contributed by atoms with Crippen LogP contribution in [0.15, 0.2) is 11.1 Å². The van der Waals surface area contributed by atoms with E-state index in [1.54, 1.807) is 22.2 Å². The number of aryl methyl sites for hydroxylation is 3. The van der Waals surface area contributed by atoms with E-state index < -0.39 is 0 Å². The molecule has 4 rings (SSSR count). The van der Waals surface area contributed by atoms with Gasteiger partial charge >= 0.3 is 0 Å². The average Bonchev–Trinajstić information content (AvgIpc) is 3.01. The highest BCUT2D eigenvalue weighted by atomic mass is 32.1. The molecule has 0 spiro atoms. The van der Waals surface area contributed by atoms with E-state index in [4.69, 9.17) is 0 Å². The minimum Gasteiger partial charge on any atom is -0.352 e. The van der Waals surface area contributed by atoms with Gasteiger partial charge in [-0.25, -0.2) is 4.98 Å². The highest BCUT2D eigenvalue weighted by Gasteiger charge is 2.20. The number of hydrogen-bond acceptors (Lipinski definition) is 5. The van der Waals surface area contributed by atoms with Crippen molar-refractivity contribution in [3.8, 4) is 0 Å². The summed E-state index contributed by atoms with van der Waals surface area (Å²) >= 11 is 1.66. The first-order chi connectivity index (χ1) is 12.2. The third-order valence-electron chi connectivity index (χ3n) is 5.18. The van der Waals surface area contributed by atoms with E-state index in [-0.39, 0.29) is 17.5 Å². The number of rotatable bonds is 4. The van der Waals surface area contributed by atoms with Gasteiger partial charge in [0.25, 0.3) is 5.56 Å². The zero-order chi connectivity index (χ0) is 17.2. The van der Waals surface area contributed by atoms with Crippen LogP contribution >= 0.6 is 11.3 Å². The maximum Gasteiger partial charge on any atom is 0.262 e. The molecule has 1 fully saturated rings. The number of carbonyl (C=O) groups is 1. The molecule has 6 nitrogen and oxygen atoms in total. The quantitative estimate of drug-likeness (QED) is 0.868. The lowest BCUT2D eigenvalue weighted by Crippen LogP contribution is -2.45. The topological polar surface area (TPSA) is 76.0 Å². The summed E-state index contributed by atoms with van der Waals surface area (Å²) in [6.07, 6.45) is 8.41. The molecule has 1 atom stereocenters. The molecule has 2 aromatic heterocycles. The van der Waals surface area contributed by atoms with Gasteiger partial charge in [-0.3, -0.25) is 14.2 Å². The van der Waals surface area contributed by atoms with Gasteiger partial charge in [-0.15, -0.1) is 11.3 Å². The van der Waals surface area contributed by atoms with Gasteiger partial charge in [0.05, 0.1) is 11.7 Å². The van der Waals surface area contributed by atoms with E-state index >= 15 is 0 Å². The van der Waals surface area contributed by atoms with Crippen molar-refractivity contribution in [3.05, 3.63) is 27.1 Å². The Balaban J connectivity index is 1.47. The molecule has 0 radical (unpaired) electrons. The molecule has 2 N–H and O–H groups in total.